The summed E-state index contributed by atoms with van der Waals surface area (Å²) in [6, 6.07) is 0. The Labute approximate surface area is 90.4 Å². The molecule has 0 aromatic carbocycles. The first kappa shape index (κ1) is 12.1. The number of nitrogens with zero attached hydrogens (tertiary/aromatic N) is 5. The molecule has 0 spiro atoms. The summed E-state index contributed by atoms with van der Waals surface area (Å²) in [5.41, 5.74) is 5.46. The van der Waals surface area contributed by atoms with Crippen LogP contribution in [0.25, 0.3) is 0 Å². The van der Waals surface area contributed by atoms with Gasteiger partial charge < -0.3 is 5.73 Å². The Bertz CT molecular complexity index is 271. The van der Waals surface area contributed by atoms with Crippen molar-refractivity contribution in [2.45, 2.75) is 32.9 Å². The van der Waals surface area contributed by atoms with E-state index < -0.39 is 0 Å². The van der Waals surface area contributed by atoms with E-state index in [9.17, 15) is 0 Å². The van der Waals surface area contributed by atoms with Gasteiger partial charge in [-0.25, -0.2) is 4.68 Å². The summed E-state index contributed by atoms with van der Waals surface area (Å²) in [4.78, 5) is 2.19. The van der Waals surface area contributed by atoms with Gasteiger partial charge in [0.2, 0.25) is 0 Å². The molecular formula is C9H20N6. The maximum Gasteiger partial charge on any atom is 0.165 e. The second-order valence-corrected chi connectivity index (χ2v) is 3.70. The Morgan fingerprint density at radius 2 is 2.27 bits per heavy atom. The van der Waals surface area contributed by atoms with Gasteiger partial charge in [-0.15, -0.1) is 5.10 Å². The molecule has 1 aromatic rings. The summed E-state index contributed by atoms with van der Waals surface area (Å²) in [7, 11) is 2.06. The van der Waals surface area contributed by atoms with Crippen molar-refractivity contribution in [3.8, 4) is 0 Å². The molecule has 0 amide bonds. The standard InChI is InChI=1S/C9H20N6/c1-3-6-15-9(11-12-13-15)8-14(2)7-4-5-10/h3-8,10H2,1-2H3. The molecule has 1 aromatic heterocycles. The van der Waals surface area contributed by atoms with E-state index >= 15 is 0 Å². The first-order valence-corrected chi connectivity index (χ1v) is 5.41. The summed E-state index contributed by atoms with van der Waals surface area (Å²) >= 11 is 0. The molecular weight excluding hydrogens is 192 g/mol. The summed E-state index contributed by atoms with van der Waals surface area (Å²) in [5.74, 6) is 0.927. The van der Waals surface area contributed by atoms with Crippen LogP contribution in [0, 0.1) is 0 Å². The fourth-order valence-corrected chi connectivity index (χ4v) is 1.40. The summed E-state index contributed by atoms with van der Waals surface area (Å²) in [6.45, 7) is 5.49. The number of aryl methyl sites for hydroxylation is 1. The summed E-state index contributed by atoms with van der Waals surface area (Å²) < 4.78 is 1.86. The molecule has 6 nitrogen and oxygen atoms in total. The zero-order chi connectivity index (χ0) is 11.1. The van der Waals surface area contributed by atoms with E-state index in [1.807, 2.05) is 4.68 Å². The Hall–Kier alpha value is -1.01. The van der Waals surface area contributed by atoms with Crippen LogP contribution in [-0.4, -0.2) is 45.2 Å². The van der Waals surface area contributed by atoms with Gasteiger partial charge in [-0.2, -0.15) is 0 Å². The molecule has 0 atom stereocenters. The average molecular weight is 212 g/mol. The van der Waals surface area contributed by atoms with E-state index in [1.165, 1.54) is 0 Å². The Morgan fingerprint density at radius 1 is 1.47 bits per heavy atom. The molecule has 0 saturated heterocycles. The number of hydrogen-bond donors (Lipinski definition) is 1. The lowest BCUT2D eigenvalue weighted by Gasteiger charge is -2.14. The third kappa shape index (κ3) is 3.93. The van der Waals surface area contributed by atoms with Crippen LogP contribution in [0.15, 0.2) is 0 Å². The Balaban J connectivity index is 2.44. The van der Waals surface area contributed by atoms with Crippen LogP contribution in [-0.2, 0) is 13.1 Å². The highest BCUT2D eigenvalue weighted by molar-refractivity contribution is 4.80. The molecule has 0 aliphatic carbocycles. The van der Waals surface area contributed by atoms with Gasteiger partial charge in [0, 0.05) is 6.54 Å². The summed E-state index contributed by atoms with van der Waals surface area (Å²) in [6.07, 6.45) is 2.05. The van der Waals surface area contributed by atoms with Crippen LogP contribution >= 0.6 is 0 Å². The third-order valence-electron chi connectivity index (χ3n) is 2.20. The van der Waals surface area contributed by atoms with Gasteiger partial charge in [-0.1, -0.05) is 6.92 Å². The van der Waals surface area contributed by atoms with E-state index in [1.54, 1.807) is 0 Å². The van der Waals surface area contributed by atoms with Gasteiger partial charge in [0.1, 0.15) is 0 Å². The molecule has 0 saturated carbocycles. The maximum atomic E-state index is 5.46. The molecule has 15 heavy (non-hydrogen) atoms. The minimum Gasteiger partial charge on any atom is -0.330 e. The zero-order valence-corrected chi connectivity index (χ0v) is 9.56. The predicted octanol–water partition coefficient (Wildman–Crippen LogP) is -0.136. The third-order valence-corrected chi connectivity index (χ3v) is 2.20. The molecule has 1 heterocycles. The zero-order valence-electron chi connectivity index (χ0n) is 9.56. The van der Waals surface area contributed by atoms with Crippen LogP contribution in [0.3, 0.4) is 0 Å². The Kier molecular flexibility index (Phi) is 5.20. The number of hydrogen-bond acceptors (Lipinski definition) is 5. The van der Waals surface area contributed by atoms with E-state index in [0.29, 0.717) is 0 Å². The lowest BCUT2D eigenvalue weighted by Crippen LogP contribution is -2.23. The van der Waals surface area contributed by atoms with Crippen molar-refractivity contribution >= 4 is 0 Å². The fourth-order valence-electron chi connectivity index (χ4n) is 1.40. The van der Waals surface area contributed by atoms with Gasteiger partial charge in [-0.05, 0) is 43.4 Å². The number of rotatable bonds is 7. The highest BCUT2D eigenvalue weighted by Gasteiger charge is 2.07. The van der Waals surface area contributed by atoms with Crippen LogP contribution in [0.1, 0.15) is 25.6 Å². The van der Waals surface area contributed by atoms with E-state index in [4.69, 9.17) is 5.73 Å². The van der Waals surface area contributed by atoms with Crippen molar-refractivity contribution < 1.29 is 0 Å². The molecule has 6 heteroatoms. The first-order chi connectivity index (χ1) is 7.27. The second kappa shape index (κ2) is 6.47. The quantitative estimate of drug-likeness (QED) is 0.681. The largest absolute Gasteiger partial charge is 0.330 e. The minimum atomic E-state index is 0.726. The van der Waals surface area contributed by atoms with Crippen molar-refractivity contribution in [2.75, 3.05) is 20.1 Å². The van der Waals surface area contributed by atoms with Crippen LogP contribution in [0.2, 0.25) is 0 Å². The first-order valence-electron chi connectivity index (χ1n) is 5.41. The lowest BCUT2D eigenvalue weighted by molar-refractivity contribution is 0.307. The van der Waals surface area contributed by atoms with Crippen LogP contribution in [0.4, 0.5) is 0 Å². The van der Waals surface area contributed by atoms with Gasteiger partial charge in [-0.3, -0.25) is 4.90 Å². The normalized spacial score (nSPS) is 11.2. The molecule has 0 radical (unpaired) electrons. The highest BCUT2D eigenvalue weighted by atomic mass is 15.5. The van der Waals surface area contributed by atoms with E-state index in [-0.39, 0.29) is 0 Å². The smallest absolute Gasteiger partial charge is 0.165 e. The monoisotopic (exact) mass is 212 g/mol. The fraction of sp³-hybridized carbons (Fsp3) is 0.889. The molecule has 0 aliphatic heterocycles. The van der Waals surface area contributed by atoms with Crippen LogP contribution < -0.4 is 5.73 Å². The minimum absolute atomic E-state index is 0.726. The topological polar surface area (TPSA) is 72.9 Å². The highest BCUT2D eigenvalue weighted by Crippen LogP contribution is 1.99. The van der Waals surface area contributed by atoms with Crippen molar-refractivity contribution in [1.29, 1.82) is 0 Å². The predicted molar refractivity (Wildman–Crippen MR) is 58.1 cm³/mol. The number of aromatic nitrogens is 4. The lowest BCUT2D eigenvalue weighted by atomic mass is 10.4. The molecule has 0 aliphatic rings. The summed E-state index contributed by atoms with van der Waals surface area (Å²) in [5, 5.41) is 11.6. The van der Waals surface area contributed by atoms with Crippen molar-refractivity contribution in [1.82, 2.24) is 25.1 Å². The Morgan fingerprint density at radius 3 is 2.93 bits per heavy atom. The molecule has 0 bridgehead atoms. The van der Waals surface area contributed by atoms with Gasteiger partial charge >= 0.3 is 0 Å². The van der Waals surface area contributed by atoms with Crippen molar-refractivity contribution in [3.05, 3.63) is 5.82 Å². The molecule has 86 valence electrons. The van der Waals surface area contributed by atoms with Crippen molar-refractivity contribution in [3.63, 3.8) is 0 Å². The molecule has 0 unspecified atom stereocenters. The number of nitrogens with two attached hydrogens (primary N) is 1. The van der Waals surface area contributed by atoms with E-state index in [0.717, 1.165) is 44.8 Å². The molecule has 0 fully saturated rings. The van der Waals surface area contributed by atoms with Crippen LogP contribution in [0.5, 0.6) is 0 Å². The number of tetrazole rings is 1. The molecule has 2 N–H and O–H groups in total. The van der Waals surface area contributed by atoms with Gasteiger partial charge in [0.05, 0.1) is 6.54 Å². The van der Waals surface area contributed by atoms with Gasteiger partial charge in [0.25, 0.3) is 0 Å². The SMILES string of the molecule is CCCn1nnnc1CN(C)CCCN. The van der Waals surface area contributed by atoms with Crippen molar-refractivity contribution in [2.24, 2.45) is 5.73 Å². The molecule has 1 rings (SSSR count). The average Bonchev–Trinajstić information content (AvgIpc) is 2.63. The second-order valence-electron chi connectivity index (χ2n) is 3.70. The van der Waals surface area contributed by atoms with Gasteiger partial charge in [0.15, 0.2) is 5.82 Å². The maximum absolute atomic E-state index is 5.46. The van der Waals surface area contributed by atoms with E-state index in [2.05, 4.69) is 34.4 Å².